The van der Waals surface area contributed by atoms with Crippen LogP contribution in [-0.4, -0.2) is 47.1 Å². The zero-order chi connectivity index (χ0) is 21.5. The second-order valence-electron chi connectivity index (χ2n) is 8.26. The minimum absolute atomic E-state index is 0.102. The molecule has 160 valence electrons. The summed E-state index contributed by atoms with van der Waals surface area (Å²) in [5.41, 5.74) is 6.21. The molecule has 2 aromatic heterocycles. The summed E-state index contributed by atoms with van der Waals surface area (Å²) in [6.07, 6.45) is 1.31. The van der Waals surface area contributed by atoms with Gasteiger partial charge in [0.25, 0.3) is 0 Å². The number of hydrogen-bond acceptors (Lipinski definition) is 6. The average molecular weight is 435 g/mol. The van der Waals surface area contributed by atoms with Crippen LogP contribution in [0.3, 0.4) is 0 Å². The van der Waals surface area contributed by atoms with Crippen LogP contribution in [0, 0.1) is 13.8 Å². The van der Waals surface area contributed by atoms with Crippen molar-refractivity contribution < 1.29 is 9.32 Å². The molecule has 1 saturated heterocycles. The Morgan fingerprint density at radius 2 is 1.87 bits per heavy atom. The van der Waals surface area contributed by atoms with Gasteiger partial charge in [0.05, 0.1) is 16.6 Å². The van der Waals surface area contributed by atoms with Crippen molar-refractivity contribution in [2.45, 2.75) is 33.6 Å². The average Bonchev–Trinajstić information content (AvgIpc) is 3.38. The van der Waals surface area contributed by atoms with Gasteiger partial charge in [0.1, 0.15) is 5.69 Å². The minimum atomic E-state index is 0.102. The molecule has 1 aliphatic heterocycles. The summed E-state index contributed by atoms with van der Waals surface area (Å²) >= 11 is 1.74. The highest BCUT2D eigenvalue weighted by atomic mass is 32.1. The quantitative estimate of drug-likeness (QED) is 0.473. The monoisotopic (exact) mass is 434 g/mol. The van der Waals surface area contributed by atoms with Crippen LogP contribution in [0.2, 0.25) is 0 Å². The van der Waals surface area contributed by atoms with Crippen LogP contribution in [0.4, 0.5) is 5.13 Å². The molecule has 0 spiro atoms. The van der Waals surface area contributed by atoms with Gasteiger partial charge in [-0.1, -0.05) is 29.5 Å². The van der Waals surface area contributed by atoms with E-state index < -0.39 is 0 Å². The van der Waals surface area contributed by atoms with Crippen molar-refractivity contribution in [1.29, 1.82) is 0 Å². The molecule has 0 aliphatic carbocycles. The summed E-state index contributed by atoms with van der Waals surface area (Å²) in [6, 6.07) is 10.6. The maximum atomic E-state index is 12.9. The molecule has 0 radical (unpaired) electrons. The van der Waals surface area contributed by atoms with E-state index in [-0.39, 0.29) is 12.3 Å². The van der Waals surface area contributed by atoms with Crippen LogP contribution in [0.5, 0.6) is 0 Å². The molecule has 1 aliphatic rings. The second kappa shape index (κ2) is 7.96. The Labute approximate surface area is 185 Å². The molecule has 4 aromatic rings. The fourth-order valence-corrected chi connectivity index (χ4v) is 5.17. The summed E-state index contributed by atoms with van der Waals surface area (Å²) in [5.74, 6) is 0.102. The molecular formula is C24H26N4O2S. The van der Waals surface area contributed by atoms with Crippen molar-refractivity contribution >= 4 is 43.6 Å². The lowest BCUT2D eigenvalue weighted by molar-refractivity contribution is -0.130. The Morgan fingerprint density at radius 1 is 1.10 bits per heavy atom. The van der Waals surface area contributed by atoms with Crippen LogP contribution < -0.4 is 4.90 Å². The maximum absolute atomic E-state index is 12.9. The lowest BCUT2D eigenvalue weighted by Gasteiger charge is -2.34. The van der Waals surface area contributed by atoms with Gasteiger partial charge in [0, 0.05) is 31.6 Å². The van der Waals surface area contributed by atoms with E-state index in [0.29, 0.717) is 13.1 Å². The van der Waals surface area contributed by atoms with Crippen LogP contribution >= 0.6 is 11.3 Å². The Hall–Kier alpha value is -2.93. The first-order valence-electron chi connectivity index (χ1n) is 10.8. The minimum Gasteiger partial charge on any atom is -0.356 e. The van der Waals surface area contributed by atoms with E-state index in [9.17, 15) is 4.79 Å². The Balaban J connectivity index is 1.25. The number of fused-ring (bicyclic) bond motifs is 2. The third-order valence-electron chi connectivity index (χ3n) is 6.23. The van der Waals surface area contributed by atoms with E-state index >= 15 is 0 Å². The second-order valence-corrected chi connectivity index (χ2v) is 9.27. The molecule has 0 atom stereocenters. The predicted molar refractivity (Wildman–Crippen MR) is 125 cm³/mol. The van der Waals surface area contributed by atoms with Gasteiger partial charge in [-0.05, 0) is 61.2 Å². The number of aryl methyl sites for hydroxylation is 3. The fourth-order valence-electron chi connectivity index (χ4n) is 4.09. The lowest BCUT2D eigenvalue weighted by Crippen LogP contribution is -2.49. The van der Waals surface area contributed by atoms with Gasteiger partial charge in [0.2, 0.25) is 5.91 Å². The van der Waals surface area contributed by atoms with Gasteiger partial charge < -0.3 is 14.3 Å². The number of thiazole rings is 1. The number of nitrogens with zero attached hydrogens (tertiary/aromatic N) is 4. The molecule has 3 heterocycles. The van der Waals surface area contributed by atoms with Gasteiger partial charge >= 0.3 is 0 Å². The number of hydrogen-bond donors (Lipinski definition) is 0. The van der Waals surface area contributed by atoms with Crippen LogP contribution in [-0.2, 0) is 17.6 Å². The Kier molecular flexibility index (Phi) is 5.14. The number of carbonyl (C=O) groups excluding carboxylic acids is 1. The molecule has 1 fully saturated rings. The zero-order valence-corrected chi connectivity index (χ0v) is 19.0. The van der Waals surface area contributed by atoms with E-state index in [4.69, 9.17) is 9.51 Å². The van der Waals surface area contributed by atoms with Crippen molar-refractivity contribution in [2.24, 2.45) is 0 Å². The molecule has 2 aromatic carbocycles. The summed E-state index contributed by atoms with van der Waals surface area (Å²) in [5, 5.41) is 6.16. The molecule has 7 heteroatoms. The third kappa shape index (κ3) is 3.78. The molecule has 0 bridgehead atoms. The number of amides is 1. The first kappa shape index (κ1) is 20.0. The number of aromatic nitrogens is 2. The van der Waals surface area contributed by atoms with Gasteiger partial charge in [-0.25, -0.2) is 4.98 Å². The fraction of sp³-hybridized carbons (Fsp3) is 0.375. The zero-order valence-electron chi connectivity index (χ0n) is 18.1. The number of benzene rings is 2. The molecule has 0 unspecified atom stereocenters. The standard InChI is InChI=1S/C24H26N4O2S/c1-4-17-5-6-19-22(13-17)31-24(25-19)28-9-7-27(8-10-28)23(29)14-20-18-11-15(2)16(3)12-21(18)30-26-20/h5-6,11-13H,4,7-10,14H2,1-3H3. The highest BCUT2D eigenvalue weighted by Gasteiger charge is 2.24. The molecule has 0 saturated carbocycles. The summed E-state index contributed by atoms with van der Waals surface area (Å²) in [6.45, 7) is 9.27. The molecule has 6 nitrogen and oxygen atoms in total. The van der Waals surface area contributed by atoms with Gasteiger partial charge in [-0.3, -0.25) is 4.79 Å². The molecule has 1 amide bonds. The summed E-state index contributed by atoms with van der Waals surface area (Å²) < 4.78 is 6.69. The van der Waals surface area contributed by atoms with Gasteiger partial charge in [-0.15, -0.1) is 0 Å². The third-order valence-corrected chi connectivity index (χ3v) is 7.31. The normalized spacial score (nSPS) is 14.7. The van der Waals surface area contributed by atoms with Crippen LogP contribution in [0.15, 0.2) is 34.9 Å². The van der Waals surface area contributed by atoms with E-state index in [1.807, 2.05) is 11.0 Å². The van der Waals surface area contributed by atoms with Crippen molar-refractivity contribution in [3.05, 3.63) is 52.7 Å². The number of rotatable bonds is 4. The van der Waals surface area contributed by atoms with E-state index in [1.54, 1.807) is 11.3 Å². The molecule has 31 heavy (non-hydrogen) atoms. The SMILES string of the molecule is CCc1ccc2nc(N3CCN(C(=O)Cc4noc5cc(C)c(C)cc45)CC3)sc2c1. The van der Waals surface area contributed by atoms with E-state index in [0.717, 1.165) is 46.8 Å². The Morgan fingerprint density at radius 3 is 2.65 bits per heavy atom. The smallest absolute Gasteiger partial charge is 0.228 e. The van der Waals surface area contributed by atoms with Crippen molar-refractivity contribution in [1.82, 2.24) is 15.0 Å². The predicted octanol–water partition coefficient (Wildman–Crippen LogP) is 4.51. The van der Waals surface area contributed by atoms with Crippen molar-refractivity contribution in [3.8, 4) is 0 Å². The number of carbonyl (C=O) groups is 1. The van der Waals surface area contributed by atoms with Crippen LogP contribution in [0.25, 0.3) is 21.2 Å². The highest BCUT2D eigenvalue weighted by molar-refractivity contribution is 7.22. The van der Waals surface area contributed by atoms with Crippen molar-refractivity contribution in [3.63, 3.8) is 0 Å². The van der Waals surface area contributed by atoms with Crippen LogP contribution in [0.1, 0.15) is 29.3 Å². The van der Waals surface area contributed by atoms with Crippen molar-refractivity contribution in [2.75, 3.05) is 31.1 Å². The largest absolute Gasteiger partial charge is 0.356 e. The summed E-state index contributed by atoms with van der Waals surface area (Å²) in [7, 11) is 0. The Bertz CT molecular complexity index is 1270. The molecular weight excluding hydrogens is 408 g/mol. The maximum Gasteiger partial charge on any atom is 0.228 e. The number of anilines is 1. The van der Waals surface area contributed by atoms with E-state index in [1.165, 1.54) is 21.4 Å². The summed E-state index contributed by atoms with van der Waals surface area (Å²) in [4.78, 5) is 22.0. The number of piperazine rings is 1. The van der Waals surface area contributed by atoms with E-state index in [2.05, 4.69) is 55.1 Å². The van der Waals surface area contributed by atoms with Gasteiger partial charge in [-0.2, -0.15) is 0 Å². The first-order valence-corrected chi connectivity index (χ1v) is 11.6. The van der Waals surface area contributed by atoms with Gasteiger partial charge in [0.15, 0.2) is 10.7 Å². The highest BCUT2D eigenvalue weighted by Crippen LogP contribution is 2.30. The lowest BCUT2D eigenvalue weighted by atomic mass is 10.1. The topological polar surface area (TPSA) is 62.5 Å². The first-order chi connectivity index (χ1) is 15.0. The molecule has 0 N–H and O–H groups in total. The molecule has 5 rings (SSSR count).